The molecule has 6 aromatic carbocycles. The second-order valence-electron chi connectivity index (χ2n) is 11.7. The summed E-state index contributed by atoms with van der Waals surface area (Å²) in [6, 6.07) is 54.1. The smallest absolute Gasteiger partial charge is 0.389 e. The minimum Gasteiger partial charge on any atom is -0.416 e. The highest BCUT2D eigenvalue weighted by Crippen LogP contribution is 2.48. The number of hydrogen-bond donors (Lipinski definition) is 0. The molecule has 0 atom stereocenters. The molecule has 10 rings (SSSR count). The van der Waals surface area contributed by atoms with Crippen LogP contribution in [0.2, 0.25) is 0 Å². The first-order valence-corrected chi connectivity index (χ1v) is 20.8. The van der Waals surface area contributed by atoms with Crippen LogP contribution in [0.1, 0.15) is 83.1 Å². The van der Waals surface area contributed by atoms with Crippen LogP contribution in [-0.4, -0.2) is 20.9 Å². The maximum Gasteiger partial charge on any atom is 0.389 e. The Labute approximate surface area is 329 Å². The highest BCUT2D eigenvalue weighted by atomic mass is 15.3. The summed E-state index contributed by atoms with van der Waals surface area (Å²) in [5.41, 5.74) is 15.7. The first kappa shape index (κ1) is 41.7. The van der Waals surface area contributed by atoms with E-state index in [0.717, 1.165) is 0 Å². The zero-order chi connectivity index (χ0) is 39.4. The monoisotopic (exact) mass is 712 g/mol. The van der Waals surface area contributed by atoms with Crippen molar-refractivity contribution in [3.8, 4) is 33.4 Å². The van der Waals surface area contributed by atoms with Gasteiger partial charge in [0.25, 0.3) is 0 Å². The molecule has 0 aromatic heterocycles. The fraction of sp³-hybridized carbons (Fsp3) is 0.250. The SMILES string of the molecule is CC.CC.CC.CC.CC.CC.c1ccc2c(c1)B1N(B3c4ccccc4-c4ccccc4N3B3c4ccccc4-c4ccccc4N13)c1ccccc1-2. The number of benzene rings is 6. The third-order valence-corrected chi connectivity index (χ3v) is 9.71. The molecule has 54 heavy (non-hydrogen) atoms. The molecular weight excluding hydrogens is 651 g/mol. The molecule has 0 radical (unpaired) electrons. The molecule has 1 saturated heterocycles. The second kappa shape index (κ2) is 19.8. The van der Waals surface area contributed by atoms with Crippen molar-refractivity contribution in [2.75, 3.05) is 14.2 Å². The van der Waals surface area contributed by atoms with Crippen molar-refractivity contribution in [2.24, 2.45) is 0 Å². The van der Waals surface area contributed by atoms with Crippen LogP contribution in [0.4, 0.5) is 17.1 Å². The van der Waals surface area contributed by atoms with Gasteiger partial charge in [0, 0.05) is 33.8 Å². The van der Waals surface area contributed by atoms with Crippen LogP contribution >= 0.6 is 0 Å². The summed E-state index contributed by atoms with van der Waals surface area (Å²) in [4.78, 5) is 0. The molecule has 4 aliphatic heterocycles. The average Bonchev–Trinajstić information content (AvgIpc) is 3.30. The Kier molecular flexibility index (Phi) is 15.3. The van der Waals surface area contributed by atoms with Crippen molar-refractivity contribution in [2.45, 2.75) is 83.1 Å². The summed E-state index contributed by atoms with van der Waals surface area (Å²) in [6.07, 6.45) is 0. The first-order valence-electron chi connectivity index (χ1n) is 20.8. The van der Waals surface area contributed by atoms with E-state index >= 15 is 0 Å². The molecule has 0 aliphatic carbocycles. The molecule has 4 aliphatic rings. The van der Waals surface area contributed by atoms with Crippen molar-refractivity contribution in [3.63, 3.8) is 0 Å². The highest BCUT2D eigenvalue weighted by molar-refractivity contribution is 7.16. The molecule has 0 amide bonds. The van der Waals surface area contributed by atoms with E-state index in [4.69, 9.17) is 0 Å². The molecule has 0 saturated carbocycles. The number of hydrogen-bond acceptors (Lipinski definition) is 3. The predicted octanol–water partition coefficient (Wildman–Crippen LogP) is 11.8. The van der Waals surface area contributed by atoms with Crippen LogP contribution in [0.3, 0.4) is 0 Å². The van der Waals surface area contributed by atoms with E-state index in [9.17, 15) is 0 Å². The third kappa shape index (κ3) is 6.76. The van der Waals surface area contributed by atoms with Gasteiger partial charge in [0.05, 0.1) is 0 Å². The minimum absolute atomic E-state index is 0.00942. The zero-order valence-corrected chi connectivity index (χ0v) is 34.9. The van der Waals surface area contributed by atoms with E-state index in [2.05, 4.69) is 160 Å². The van der Waals surface area contributed by atoms with Crippen molar-refractivity contribution in [1.29, 1.82) is 0 Å². The molecule has 4 heterocycles. The Morgan fingerprint density at radius 1 is 0.241 bits per heavy atom. The molecule has 3 nitrogen and oxygen atoms in total. The van der Waals surface area contributed by atoms with Crippen LogP contribution in [0.15, 0.2) is 146 Å². The second-order valence-corrected chi connectivity index (χ2v) is 11.7. The number of para-hydroxylation sites is 3. The Hall–Kier alpha value is -5.09. The van der Waals surface area contributed by atoms with Gasteiger partial charge < -0.3 is 14.2 Å². The molecule has 6 aromatic rings. The normalized spacial score (nSPS) is 12.2. The van der Waals surface area contributed by atoms with Gasteiger partial charge in [-0.25, -0.2) is 0 Å². The van der Waals surface area contributed by atoms with E-state index in [1.165, 1.54) is 66.8 Å². The van der Waals surface area contributed by atoms with Gasteiger partial charge in [-0.05, 0) is 51.3 Å². The first-order chi connectivity index (χ1) is 26.9. The number of anilines is 3. The maximum absolute atomic E-state index is 2.70. The van der Waals surface area contributed by atoms with Gasteiger partial charge in [0.1, 0.15) is 0 Å². The summed E-state index contributed by atoms with van der Waals surface area (Å²) >= 11 is 0. The lowest BCUT2D eigenvalue weighted by atomic mass is 9.34. The molecule has 0 N–H and O–H groups in total. The summed E-state index contributed by atoms with van der Waals surface area (Å²) < 4.78 is 8.11. The van der Waals surface area contributed by atoms with Crippen molar-refractivity contribution < 1.29 is 0 Å². The summed E-state index contributed by atoms with van der Waals surface area (Å²) in [7, 11) is 0. The lowest BCUT2D eigenvalue weighted by Gasteiger charge is -2.61. The summed E-state index contributed by atoms with van der Waals surface area (Å²) in [5.74, 6) is 0. The number of nitrogens with zero attached hydrogens (tertiary/aromatic N) is 3. The average molecular weight is 711 g/mol. The molecule has 1 fully saturated rings. The zero-order valence-electron chi connectivity index (χ0n) is 34.9. The van der Waals surface area contributed by atoms with Crippen LogP contribution in [0, 0.1) is 0 Å². The summed E-state index contributed by atoms with van der Waals surface area (Å²) in [5, 5.41) is 0. The largest absolute Gasteiger partial charge is 0.416 e. The van der Waals surface area contributed by atoms with Gasteiger partial charge in [0.15, 0.2) is 0 Å². The Morgan fingerprint density at radius 3 is 0.667 bits per heavy atom. The van der Waals surface area contributed by atoms with Crippen LogP contribution in [-0.2, 0) is 0 Å². The van der Waals surface area contributed by atoms with Crippen LogP contribution in [0.5, 0.6) is 0 Å². The van der Waals surface area contributed by atoms with Gasteiger partial charge in [-0.15, -0.1) is 0 Å². The van der Waals surface area contributed by atoms with E-state index in [0.29, 0.717) is 0 Å². The quantitative estimate of drug-likeness (QED) is 0.145. The van der Waals surface area contributed by atoms with Crippen LogP contribution in [0.25, 0.3) is 33.4 Å². The molecule has 0 bridgehead atoms. The number of rotatable bonds is 0. The molecule has 6 heteroatoms. The van der Waals surface area contributed by atoms with E-state index in [1.807, 2.05) is 83.1 Å². The van der Waals surface area contributed by atoms with Gasteiger partial charge in [-0.3, -0.25) is 0 Å². The Morgan fingerprint density at radius 2 is 0.426 bits per heavy atom. The standard InChI is InChI=1S/C36H24B3N3.6C2H6/c1-7-19-31-25(13-1)28-16-4-10-22-34(28)40-37(31)41-35-23-11-5-17-29(35)26-14-3-9-21-33(26)39(41)42-36-24-12-6-18-30(36)27-15-2-8-20-32(27)38(40)42;6*1-2/h1-24H;6*1-2H3. The van der Waals surface area contributed by atoms with Gasteiger partial charge in [-0.1, -0.05) is 210 Å². The number of fused-ring (bicyclic) bond motifs is 21. The van der Waals surface area contributed by atoms with E-state index in [1.54, 1.807) is 0 Å². The third-order valence-electron chi connectivity index (χ3n) is 9.71. The van der Waals surface area contributed by atoms with E-state index < -0.39 is 0 Å². The van der Waals surface area contributed by atoms with Gasteiger partial charge in [0.2, 0.25) is 0 Å². The highest BCUT2D eigenvalue weighted by Gasteiger charge is 2.61. The van der Waals surface area contributed by atoms with Gasteiger partial charge in [-0.2, -0.15) is 0 Å². The van der Waals surface area contributed by atoms with E-state index in [-0.39, 0.29) is 20.9 Å². The molecule has 0 unspecified atom stereocenters. The van der Waals surface area contributed by atoms with Gasteiger partial charge >= 0.3 is 20.9 Å². The van der Waals surface area contributed by atoms with Crippen molar-refractivity contribution in [3.05, 3.63) is 146 Å². The summed E-state index contributed by atoms with van der Waals surface area (Å²) in [6.45, 7) is 24.0. The lowest BCUT2D eigenvalue weighted by Crippen LogP contribution is -2.88. The van der Waals surface area contributed by atoms with Crippen LogP contribution < -0.4 is 30.6 Å². The lowest BCUT2D eigenvalue weighted by molar-refractivity contribution is 1.27. The molecular formula is C48H60B3N3. The topological polar surface area (TPSA) is 9.72 Å². The Bertz CT molecular complexity index is 1680. The fourth-order valence-electron chi connectivity index (χ4n) is 8.17. The molecule has 276 valence electrons. The Balaban J connectivity index is 0.000000498. The maximum atomic E-state index is 2.70. The van der Waals surface area contributed by atoms with Crippen molar-refractivity contribution in [1.82, 2.24) is 0 Å². The fourth-order valence-corrected chi connectivity index (χ4v) is 8.17. The molecule has 0 spiro atoms. The minimum atomic E-state index is 0.00942. The van der Waals surface area contributed by atoms with Crippen molar-refractivity contribution >= 4 is 54.4 Å². The predicted molar refractivity (Wildman–Crippen MR) is 247 cm³/mol.